The van der Waals surface area contributed by atoms with Gasteiger partial charge in [0.2, 0.25) is 23.6 Å². The van der Waals surface area contributed by atoms with Crippen molar-refractivity contribution in [2.24, 2.45) is 5.92 Å². The minimum atomic E-state index is -2.92. The number of nitrogens with one attached hydrogen (secondary N) is 3. The monoisotopic (exact) mass is 852 g/mol. The molecule has 0 bridgehead atoms. The molecule has 12 heteroatoms. The number of benzene rings is 3. The van der Waals surface area contributed by atoms with Gasteiger partial charge in [-0.2, -0.15) is 0 Å². The molecule has 0 spiro atoms. The van der Waals surface area contributed by atoms with Gasteiger partial charge in [-0.05, 0) is 85.0 Å². The molecule has 2 aliphatic heterocycles. The molecular formula is C49H68N4O7Si. The van der Waals surface area contributed by atoms with Crippen molar-refractivity contribution in [3.8, 4) is 5.75 Å². The largest absolute Gasteiger partial charge is 0.494 e. The Balaban J connectivity index is 1.30. The van der Waals surface area contributed by atoms with Gasteiger partial charge in [0, 0.05) is 19.4 Å². The van der Waals surface area contributed by atoms with Crippen LogP contribution in [-0.2, 0) is 34.8 Å². The molecule has 2 heterocycles. The normalized spacial score (nSPS) is 21.5. The smallest absolute Gasteiger partial charge is 0.262 e. The molecule has 2 aliphatic rings. The van der Waals surface area contributed by atoms with E-state index in [9.17, 15) is 24.0 Å². The molecule has 2 saturated heterocycles. The zero-order chi connectivity index (χ0) is 44.2. The lowest BCUT2D eigenvalue weighted by Crippen LogP contribution is -2.68. The van der Waals surface area contributed by atoms with Crippen LogP contribution in [0.15, 0.2) is 84.9 Å². The van der Waals surface area contributed by atoms with E-state index in [0.29, 0.717) is 63.8 Å². The van der Waals surface area contributed by atoms with E-state index in [1.54, 1.807) is 4.90 Å². The van der Waals surface area contributed by atoms with Crippen molar-refractivity contribution in [1.82, 2.24) is 20.9 Å². The Bertz CT molecular complexity index is 1880. The number of rotatable bonds is 17. The van der Waals surface area contributed by atoms with Crippen LogP contribution in [0, 0.1) is 5.92 Å². The summed E-state index contributed by atoms with van der Waals surface area (Å²) in [6.07, 6.45) is 4.55. The third kappa shape index (κ3) is 11.8. The molecule has 0 aliphatic carbocycles. The lowest BCUT2D eigenvalue weighted by atomic mass is 9.93. The van der Waals surface area contributed by atoms with Crippen LogP contribution < -0.4 is 31.1 Å². The van der Waals surface area contributed by atoms with E-state index >= 15 is 0 Å². The maximum absolute atomic E-state index is 14.2. The first-order valence-corrected chi connectivity index (χ1v) is 24.4. The number of fused-ring (bicyclic) bond motifs is 1. The third-order valence-electron chi connectivity index (χ3n) is 12.4. The van der Waals surface area contributed by atoms with Crippen LogP contribution in [0.3, 0.4) is 0 Å². The van der Waals surface area contributed by atoms with Gasteiger partial charge in [-0.1, -0.05) is 127 Å². The van der Waals surface area contributed by atoms with Gasteiger partial charge in [0.1, 0.15) is 36.0 Å². The van der Waals surface area contributed by atoms with Crippen molar-refractivity contribution >= 4 is 48.1 Å². The van der Waals surface area contributed by atoms with E-state index in [2.05, 4.69) is 61.0 Å². The van der Waals surface area contributed by atoms with Crippen LogP contribution in [0.2, 0.25) is 5.04 Å². The second-order valence-corrected chi connectivity index (χ2v) is 22.1. The maximum atomic E-state index is 14.2. The first-order chi connectivity index (χ1) is 29.2. The van der Waals surface area contributed by atoms with Crippen molar-refractivity contribution in [1.29, 1.82) is 0 Å². The zero-order valence-electron chi connectivity index (χ0n) is 37.3. The summed E-state index contributed by atoms with van der Waals surface area (Å²) >= 11 is 0. The van der Waals surface area contributed by atoms with Gasteiger partial charge < -0.3 is 30.0 Å². The summed E-state index contributed by atoms with van der Waals surface area (Å²) in [5.41, 5.74) is 0.803. The minimum absolute atomic E-state index is 0.0194. The quantitative estimate of drug-likeness (QED) is 0.112. The van der Waals surface area contributed by atoms with Crippen LogP contribution in [0.4, 0.5) is 0 Å². The van der Waals surface area contributed by atoms with E-state index < -0.39 is 50.4 Å². The van der Waals surface area contributed by atoms with Crippen LogP contribution in [0.5, 0.6) is 5.75 Å². The number of hydrogen-bond donors (Lipinski definition) is 3. The molecule has 11 nitrogen and oxygen atoms in total. The SMILES string of the molecule is CCOc1ccc(C[C@H]2NC(=O)[C@H](CCCCCC(=O)[C@H](C)O[Si](c3ccccc3)(c3ccccc3)C(C)(C)C)NC(=O)[C@@H]3CCCCN3C(=O)[C@H]([C@@H](C)CC)NC2=O)cc1. The van der Waals surface area contributed by atoms with E-state index in [1.807, 2.05) is 88.4 Å². The Morgan fingerprint density at radius 2 is 1.38 bits per heavy atom. The highest BCUT2D eigenvalue weighted by atomic mass is 28.4. The zero-order valence-corrected chi connectivity index (χ0v) is 38.3. The topological polar surface area (TPSA) is 143 Å². The molecule has 61 heavy (non-hydrogen) atoms. The average molecular weight is 853 g/mol. The Labute approximate surface area is 364 Å². The summed E-state index contributed by atoms with van der Waals surface area (Å²) < 4.78 is 12.7. The Morgan fingerprint density at radius 3 is 1.97 bits per heavy atom. The molecule has 2 fully saturated rings. The second kappa shape index (κ2) is 21.8. The molecular weight excluding hydrogens is 785 g/mol. The van der Waals surface area contributed by atoms with Gasteiger partial charge >= 0.3 is 0 Å². The molecule has 330 valence electrons. The summed E-state index contributed by atoms with van der Waals surface area (Å²) in [5.74, 6) is -1.03. The van der Waals surface area contributed by atoms with Crippen molar-refractivity contribution in [3.63, 3.8) is 0 Å². The highest BCUT2D eigenvalue weighted by Crippen LogP contribution is 2.38. The fraction of sp³-hybridized carbons (Fsp3) is 0.531. The number of amides is 4. The fourth-order valence-electron chi connectivity index (χ4n) is 8.78. The van der Waals surface area contributed by atoms with Crippen LogP contribution >= 0.6 is 0 Å². The van der Waals surface area contributed by atoms with E-state index in [4.69, 9.17) is 9.16 Å². The average Bonchev–Trinajstić information content (AvgIpc) is 3.26. The van der Waals surface area contributed by atoms with E-state index in [-0.39, 0.29) is 35.0 Å². The molecule has 5 rings (SSSR count). The number of hydrogen-bond acceptors (Lipinski definition) is 7. The number of ether oxygens (including phenoxy) is 1. The third-order valence-corrected chi connectivity index (χ3v) is 17.6. The van der Waals surface area contributed by atoms with Crippen LogP contribution in [0.1, 0.15) is 112 Å². The van der Waals surface area contributed by atoms with Gasteiger partial charge in [-0.3, -0.25) is 24.0 Å². The molecule has 6 atom stereocenters. The van der Waals surface area contributed by atoms with Gasteiger partial charge in [0.25, 0.3) is 8.32 Å². The first kappa shape index (κ1) is 47.2. The number of carbonyl (C=O) groups is 5. The Hall–Kier alpha value is -4.81. The van der Waals surface area contributed by atoms with E-state index in [0.717, 1.165) is 28.8 Å². The van der Waals surface area contributed by atoms with Gasteiger partial charge in [-0.15, -0.1) is 0 Å². The molecule has 3 aromatic carbocycles. The van der Waals surface area contributed by atoms with Crippen LogP contribution in [0.25, 0.3) is 0 Å². The molecule has 0 unspecified atom stereocenters. The van der Waals surface area contributed by atoms with Crippen molar-refractivity contribution < 1.29 is 33.1 Å². The number of piperidine rings is 1. The lowest BCUT2D eigenvalue weighted by molar-refractivity contribution is -0.147. The van der Waals surface area contributed by atoms with Crippen LogP contribution in [-0.4, -0.2) is 86.1 Å². The van der Waals surface area contributed by atoms with Gasteiger partial charge in [0.05, 0.1) is 6.61 Å². The summed E-state index contributed by atoms with van der Waals surface area (Å²) in [6.45, 7) is 15.1. The lowest BCUT2D eigenvalue weighted by Gasteiger charge is -2.44. The predicted octanol–water partition coefficient (Wildman–Crippen LogP) is 6.01. The maximum Gasteiger partial charge on any atom is 0.262 e. The number of carbonyl (C=O) groups excluding carboxylic acids is 5. The fourth-order valence-corrected chi connectivity index (χ4v) is 13.5. The highest BCUT2D eigenvalue weighted by Gasteiger charge is 2.51. The van der Waals surface area contributed by atoms with Crippen molar-refractivity contribution in [2.45, 2.75) is 148 Å². The summed E-state index contributed by atoms with van der Waals surface area (Å²) in [5, 5.41) is 10.9. The molecule has 0 saturated carbocycles. The van der Waals surface area contributed by atoms with Gasteiger partial charge in [-0.25, -0.2) is 0 Å². The molecule has 4 amide bonds. The highest BCUT2D eigenvalue weighted by molar-refractivity contribution is 6.99. The summed E-state index contributed by atoms with van der Waals surface area (Å²) in [4.78, 5) is 72.0. The summed E-state index contributed by atoms with van der Waals surface area (Å²) in [6, 6.07) is 24.4. The Morgan fingerprint density at radius 1 is 0.770 bits per heavy atom. The standard InChI is InChI=1S/C49H68N4O7Si/c1-8-34(3)44-48(58)53-32-20-19-26-42(53)47(57)50-40(45(55)51-41(46(56)52-44)33-36-28-30-37(31-29-36)59-9-2)25-17-12-18-27-43(54)35(4)60-61(49(5,6)7,38-21-13-10-14-22-38)39-23-15-11-16-24-39/h10-11,13-16,21-24,28-31,34-35,40-42,44H,8-9,12,17-20,25-27,32-33H2,1-7H3,(H,50,57)(H,51,55)(H,52,56)/t34-,35-,40-,41+,42-,44-/m0/s1. The van der Waals surface area contributed by atoms with E-state index in [1.165, 1.54) is 0 Å². The summed E-state index contributed by atoms with van der Waals surface area (Å²) in [7, 11) is -2.92. The molecule has 3 N–H and O–H groups in total. The number of Topliss-reactive ketones (excluding diaryl/α,β-unsaturated/α-hetero) is 1. The van der Waals surface area contributed by atoms with Crippen molar-refractivity contribution in [3.05, 3.63) is 90.5 Å². The molecule has 3 aromatic rings. The molecule has 0 radical (unpaired) electrons. The second-order valence-electron chi connectivity index (χ2n) is 17.8. The number of unbranched alkanes of at least 4 members (excludes halogenated alkanes) is 2. The minimum Gasteiger partial charge on any atom is -0.494 e. The Kier molecular flexibility index (Phi) is 16.9. The number of nitrogens with zero attached hydrogens (tertiary/aromatic N) is 1. The predicted molar refractivity (Wildman–Crippen MR) is 242 cm³/mol. The van der Waals surface area contributed by atoms with Crippen molar-refractivity contribution in [2.75, 3.05) is 13.2 Å². The van der Waals surface area contributed by atoms with Gasteiger partial charge in [0.15, 0.2) is 5.78 Å². The number of ketones is 1. The first-order valence-electron chi connectivity index (χ1n) is 22.4. The molecule has 0 aromatic heterocycles.